The minimum Gasteiger partial charge on any atom is -0.486 e. The average Bonchev–Trinajstić information content (AvgIpc) is 3.28. The van der Waals surface area contributed by atoms with E-state index in [1.807, 2.05) is 48.9 Å². The number of carbonyl (C=O) groups is 1. The molecule has 4 aromatic rings. The number of anilines is 1. The molecule has 0 aliphatic heterocycles. The van der Waals surface area contributed by atoms with Gasteiger partial charge in [-0.2, -0.15) is 5.10 Å². The Labute approximate surface area is 183 Å². The lowest BCUT2D eigenvalue weighted by Gasteiger charge is -2.06. The maximum atomic E-state index is 13.0. The Morgan fingerprint density at radius 3 is 2.48 bits per heavy atom. The normalized spacial score (nSPS) is 10.8. The molecule has 4 rings (SSSR count). The summed E-state index contributed by atoms with van der Waals surface area (Å²) in [5.74, 6) is -0.0146. The van der Waals surface area contributed by atoms with Gasteiger partial charge in [-0.1, -0.05) is 18.2 Å². The average molecular weight is 437 g/mol. The van der Waals surface area contributed by atoms with Crippen molar-refractivity contribution in [1.29, 1.82) is 0 Å². The summed E-state index contributed by atoms with van der Waals surface area (Å²) in [6.45, 7) is 5.78. The zero-order chi connectivity index (χ0) is 22.0. The lowest BCUT2D eigenvalue weighted by atomic mass is 10.2. The summed E-state index contributed by atoms with van der Waals surface area (Å²) in [4.78, 5) is 17.9. The minimum absolute atomic E-state index is 0.203. The molecule has 0 unspecified atom stereocenters. The summed E-state index contributed by atoms with van der Waals surface area (Å²) in [6.07, 6.45) is 0. The van der Waals surface area contributed by atoms with Crippen LogP contribution in [0.4, 0.5) is 10.1 Å². The van der Waals surface area contributed by atoms with Crippen LogP contribution < -0.4 is 10.1 Å². The highest BCUT2D eigenvalue weighted by molar-refractivity contribution is 7.13. The van der Waals surface area contributed by atoms with E-state index in [1.54, 1.807) is 19.1 Å². The van der Waals surface area contributed by atoms with Crippen LogP contribution in [-0.2, 0) is 6.61 Å². The number of nitrogens with zero attached hydrogens (tertiary/aromatic N) is 3. The number of carbonyl (C=O) groups excluding carboxylic acids is 1. The number of aryl methyl sites for hydroxylation is 2. The van der Waals surface area contributed by atoms with Gasteiger partial charge in [0.1, 0.15) is 28.1 Å². The van der Waals surface area contributed by atoms with Crippen molar-refractivity contribution in [2.45, 2.75) is 27.4 Å². The van der Waals surface area contributed by atoms with E-state index in [2.05, 4.69) is 15.4 Å². The van der Waals surface area contributed by atoms with Crippen LogP contribution in [0.1, 0.15) is 31.8 Å². The number of para-hydroxylation sites is 1. The van der Waals surface area contributed by atoms with Crippen LogP contribution in [-0.4, -0.2) is 20.7 Å². The first kappa shape index (κ1) is 20.7. The molecule has 0 radical (unpaired) electrons. The van der Waals surface area contributed by atoms with E-state index in [-0.39, 0.29) is 18.3 Å². The number of ether oxygens (including phenoxy) is 1. The molecule has 0 bridgehead atoms. The lowest BCUT2D eigenvalue weighted by Crippen LogP contribution is -2.13. The number of rotatable bonds is 6. The Morgan fingerprint density at radius 1 is 1.06 bits per heavy atom. The molecule has 31 heavy (non-hydrogen) atoms. The van der Waals surface area contributed by atoms with Crippen molar-refractivity contribution in [3.63, 3.8) is 0 Å². The second-order valence-electron chi connectivity index (χ2n) is 7.01. The number of aromatic nitrogens is 3. The van der Waals surface area contributed by atoms with Gasteiger partial charge in [-0.15, -0.1) is 11.3 Å². The molecule has 8 heteroatoms. The van der Waals surface area contributed by atoms with Gasteiger partial charge in [0.05, 0.1) is 28.5 Å². The molecule has 0 saturated carbocycles. The highest BCUT2D eigenvalue weighted by Gasteiger charge is 2.20. The van der Waals surface area contributed by atoms with Crippen molar-refractivity contribution < 1.29 is 13.9 Å². The first-order valence-electron chi connectivity index (χ1n) is 9.70. The van der Waals surface area contributed by atoms with Gasteiger partial charge in [0.25, 0.3) is 5.91 Å². The molecule has 0 aliphatic rings. The maximum absolute atomic E-state index is 13.0. The molecular formula is C23H21FN4O2S. The third-order valence-electron chi connectivity index (χ3n) is 4.75. The SMILES string of the molecule is Cc1nc(COc2ccc(F)cc2)sc1C(=O)Nc1c(C)nn(-c2ccccc2)c1C. The number of halogens is 1. The number of hydrogen-bond acceptors (Lipinski definition) is 5. The molecule has 6 nitrogen and oxygen atoms in total. The van der Waals surface area contributed by atoms with Gasteiger partial charge >= 0.3 is 0 Å². The zero-order valence-electron chi connectivity index (χ0n) is 17.3. The Hall–Kier alpha value is -3.52. The molecule has 0 saturated heterocycles. The largest absolute Gasteiger partial charge is 0.486 e. The van der Waals surface area contributed by atoms with Crippen LogP contribution in [0.25, 0.3) is 5.69 Å². The van der Waals surface area contributed by atoms with Crippen LogP contribution in [0.15, 0.2) is 54.6 Å². The fourth-order valence-electron chi connectivity index (χ4n) is 3.22. The molecule has 1 amide bonds. The second kappa shape index (κ2) is 8.69. The lowest BCUT2D eigenvalue weighted by molar-refractivity contribution is 0.102. The van der Waals surface area contributed by atoms with E-state index < -0.39 is 0 Å². The predicted molar refractivity (Wildman–Crippen MR) is 119 cm³/mol. The van der Waals surface area contributed by atoms with Crippen molar-refractivity contribution in [2.24, 2.45) is 0 Å². The summed E-state index contributed by atoms with van der Waals surface area (Å²) < 4.78 is 20.5. The van der Waals surface area contributed by atoms with E-state index >= 15 is 0 Å². The Kier molecular flexibility index (Phi) is 5.81. The van der Waals surface area contributed by atoms with Gasteiger partial charge < -0.3 is 10.1 Å². The predicted octanol–water partition coefficient (Wildman–Crippen LogP) is 5.22. The number of nitrogens with one attached hydrogen (secondary N) is 1. The van der Waals surface area contributed by atoms with Crippen LogP contribution in [0.2, 0.25) is 0 Å². The molecular weight excluding hydrogens is 415 g/mol. The van der Waals surface area contributed by atoms with Crippen molar-refractivity contribution in [3.8, 4) is 11.4 Å². The maximum Gasteiger partial charge on any atom is 0.267 e. The molecule has 2 aromatic heterocycles. The molecule has 158 valence electrons. The second-order valence-corrected chi connectivity index (χ2v) is 8.10. The molecule has 0 spiro atoms. The Bertz CT molecular complexity index is 1220. The van der Waals surface area contributed by atoms with Crippen LogP contribution in [0.5, 0.6) is 5.75 Å². The van der Waals surface area contributed by atoms with Gasteiger partial charge in [0.2, 0.25) is 0 Å². The minimum atomic E-state index is -0.322. The summed E-state index contributed by atoms with van der Waals surface area (Å²) in [5.41, 5.74) is 3.82. The Balaban J connectivity index is 1.49. The fourth-order valence-corrected chi connectivity index (χ4v) is 4.09. The number of amides is 1. The van der Waals surface area contributed by atoms with E-state index in [0.717, 1.165) is 17.1 Å². The molecule has 0 fully saturated rings. The van der Waals surface area contributed by atoms with Crippen molar-refractivity contribution in [1.82, 2.24) is 14.8 Å². The number of benzene rings is 2. The molecule has 0 atom stereocenters. The Morgan fingerprint density at radius 2 is 1.77 bits per heavy atom. The van der Waals surface area contributed by atoms with E-state index in [9.17, 15) is 9.18 Å². The highest BCUT2D eigenvalue weighted by atomic mass is 32.1. The first-order valence-corrected chi connectivity index (χ1v) is 10.5. The van der Waals surface area contributed by atoms with Crippen molar-refractivity contribution >= 4 is 22.9 Å². The van der Waals surface area contributed by atoms with Gasteiger partial charge in [-0.3, -0.25) is 4.79 Å². The third kappa shape index (κ3) is 4.49. The van der Waals surface area contributed by atoms with Crippen LogP contribution in [0.3, 0.4) is 0 Å². The topological polar surface area (TPSA) is 69.0 Å². The fraction of sp³-hybridized carbons (Fsp3) is 0.174. The molecule has 2 heterocycles. The van der Waals surface area contributed by atoms with Gasteiger partial charge in [0.15, 0.2) is 0 Å². The van der Waals surface area contributed by atoms with Crippen molar-refractivity contribution in [2.75, 3.05) is 5.32 Å². The van der Waals surface area contributed by atoms with Gasteiger partial charge in [-0.25, -0.2) is 14.1 Å². The quantitative estimate of drug-likeness (QED) is 0.450. The van der Waals surface area contributed by atoms with Crippen LogP contribution in [0, 0.1) is 26.6 Å². The smallest absolute Gasteiger partial charge is 0.267 e. The summed E-state index contributed by atoms with van der Waals surface area (Å²) >= 11 is 1.27. The third-order valence-corrected chi connectivity index (χ3v) is 5.88. The van der Waals surface area contributed by atoms with E-state index in [0.29, 0.717) is 27.0 Å². The number of hydrogen-bond donors (Lipinski definition) is 1. The monoisotopic (exact) mass is 436 g/mol. The summed E-state index contributed by atoms with van der Waals surface area (Å²) in [5, 5.41) is 8.22. The van der Waals surface area contributed by atoms with E-state index in [4.69, 9.17) is 4.74 Å². The molecule has 0 aliphatic carbocycles. The van der Waals surface area contributed by atoms with Gasteiger partial charge in [0, 0.05) is 0 Å². The molecule has 2 aromatic carbocycles. The van der Waals surface area contributed by atoms with Gasteiger partial charge in [-0.05, 0) is 57.2 Å². The van der Waals surface area contributed by atoms with E-state index in [1.165, 1.54) is 23.5 Å². The summed E-state index contributed by atoms with van der Waals surface area (Å²) in [7, 11) is 0. The standard InChI is InChI=1S/C23H21FN4O2S/c1-14-21(16(3)28(27-14)18-7-5-4-6-8-18)26-23(29)22-15(2)25-20(31-22)13-30-19-11-9-17(24)10-12-19/h4-12H,13H2,1-3H3,(H,26,29). The summed E-state index contributed by atoms with van der Waals surface area (Å²) in [6, 6.07) is 15.5. The van der Waals surface area contributed by atoms with Crippen LogP contribution >= 0.6 is 11.3 Å². The molecule has 1 N–H and O–H groups in total. The van der Waals surface area contributed by atoms with Crippen molar-refractivity contribution in [3.05, 3.63) is 87.4 Å². The number of thiazole rings is 1. The highest BCUT2D eigenvalue weighted by Crippen LogP contribution is 2.26. The first-order chi connectivity index (χ1) is 14.9. The zero-order valence-corrected chi connectivity index (χ0v) is 18.2.